The molecule has 0 heterocycles. The lowest BCUT2D eigenvalue weighted by Crippen LogP contribution is -2.30. The van der Waals surface area contributed by atoms with Crippen molar-refractivity contribution < 1.29 is 105 Å². The Hall–Kier alpha value is -8.82. The molecule has 9 N–H and O–H groups in total. The van der Waals surface area contributed by atoms with Gasteiger partial charge >= 0.3 is 6.03 Å². The lowest BCUT2D eigenvalue weighted by Gasteiger charge is -2.30. The third-order valence-electron chi connectivity index (χ3n) is 15.2. The number of hydrogen-bond acceptors (Lipinski definition) is 25. The summed E-state index contributed by atoms with van der Waals surface area (Å²) in [5, 5.41) is 38.1. The van der Waals surface area contributed by atoms with Gasteiger partial charge in [0.15, 0.2) is 0 Å². The molecule has 2 unspecified atom stereocenters. The van der Waals surface area contributed by atoms with Crippen molar-refractivity contribution in [2.45, 2.75) is 110 Å². The Kier molecular flexibility index (Phi) is 22.3. The first-order valence-corrected chi connectivity index (χ1v) is 39.3. The summed E-state index contributed by atoms with van der Waals surface area (Å²) in [6, 6.07) is 13.6. The van der Waals surface area contributed by atoms with Gasteiger partial charge in [-0.25, -0.2) is 4.79 Å². The predicted octanol–water partition coefficient (Wildman–Crippen LogP) is 13.1. The van der Waals surface area contributed by atoms with Crippen molar-refractivity contribution in [3.05, 3.63) is 131 Å². The van der Waals surface area contributed by atoms with Crippen LogP contribution in [0.25, 0.3) is 21.5 Å². The minimum atomic E-state index is -5.23. The molecule has 0 radical (unpaired) electrons. The van der Waals surface area contributed by atoms with Gasteiger partial charge in [-0.3, -0.25) is 31.9 Å². The smallest absolute Gasteiger partial charge is 0.323 e. The number of allylic oxidation sites excluding steroid dienone is 1. The van der Waals surface area contributed by atoms with Gasteiger partial charge in [-0.05, 0) is 172 Å². The van der Waals surface area contributed by atoms with Gasteiger partial charge in [0.1, 0.15) is 48.0 Å². The van der Waals surface area contributed by atoms with Crippen LogP contribution in [-0.2, 0) is 70.8 Å². The normalized spacial score (nSPS) is 16.1. The van der Waals surface area contributed by atoms with Crippen LogP contribution in [-0.4, -0.2) is 121 Å². The number of nitrogens with zero attached hydrogens (tertiary/aromatic N) is 8. The zero-order chi connectivity index (χ0) is 74.2. The molecule has 0 saturated carbocycles. The maximum atomic E-state index is 14.0. The molecule has 1 aliphatic carbocycles. The summed E-state index contributed by atoms with van der Waals surface area (Å²) in [6.45, 7) is 13.4. The lowest BCUT2D eigenvalue weighted by molar-refractivity contribution is 0.261. The third kappa shape index (κ3) is 18.8. The number of ether oxygens (including phenoxy) is 2. The van der Waals surface area contributed by atoms with E-state index in [9.17, 15) is 95.6 Å². The van der Waals surface area contributed by atoms with E-state index in [1.807, 2.05) is 6.92 Å². The van der Waals surface area contributed by atoms with Crippen LogP contribution >= 0.6 is 0 Å². The predicted molar refractivity (Wildman–Crippen MR) is 361 cm³/mol. The van der Waals surface area contributed by atoms with Crippen molar-refractivity contribution in [2.75, 3.05) is 29.6 Å². The molecule has 534 valence electrons. The highest BCUT2D eigenvalue weighted by Gasteiger charge is 2.34. The summed E-state index contributed by atoms with van der Waals surface area (Å²) in [4.78, 5) is 8.05. The fraction of sp³-hybridized carbons (Fsp3) is 0.271. The molecular weight excluding hydrogens is 1460 g/mol. The Labute approximate surface area is 573 Å². The number of urea groups is 1. The van der Waals surface area contributed by atoms with Crippen molar-refractivity contribution in [2.24, 2.45) is 46.8 Å². The molecule has 2 amide bonds. The standard InChI is InChI=1S/C59H62N10O24S7/c1-9-10-12-92-52-28-47(66-64-45-19-36(7)59(8,30-35(45)6)69-68-51-27-42-38(23-57(51)100(89,90)91)21-40(96(77,78)79)25-55(42)98(83,84)85)34(5)17-48(52)60-58(70)61-49-18-33(4)46(29-53(49)93-13-11-14-94(71,72)73)65-62-43-15-32(3)44(16-31(43)2)63-67-50-26-41-37(22-56(50)99(86,87)88)20-39(95(74,75)76)24-54(41)97(80,81)82/h15-30,36H,9-14H2,1-8H3,(H2,60,61,70)(H,71,72,73)(H,74,75,76)(H,77,78,79)(H,80,81,82)(H,83,84,85)(H,86,87,88)(H,89,90,91). The van der Waals surface area contributed by atoms with Crippen LogP contribution in [0.3, 0.4) is 0 Å². The van der Waals surface area contributed by atoms with Gasteiger partial charge in [-0.15, -0.1) is 5.11 Å². The second-order valence-corrected chi connectivity index (χ2v) is 32.9. The minimum Gasteiger partial charge on any atom is -0.491 e. The highest BCUT2D eigenvalue weighted by molar-refractivity contribution is 7.88. The monoisotopic (exact) mass is 1520 g/mol. The molecule has 0 aromatic heterocycles. The van der Waals surface area contributed by atoms with Gasteiger partial charge in [0.25, 0.3) is 70.8 Å². The van der Waals surface area contributed by atoms with Crippen molar-refractivity contribution in [3.63, 3.8) is 0 Å². The summed E-state index contributed by atoms with van der Waals surface area (Å²) in [5.41, 5.74) is 1.18. The van der Waals surface area contributed by atoms with Crippen LogP contribution < -0.4 is 20.1 Å². The van der Waals surface area contributed by atoms with Crippen molar-refractivity contribution in [3.8, 4) is 11.5 Å². The van der Waals surface area contributed by atoms with Crippen molar-refractivity contribution in [1.82, 2.24) is 0 Å². The number of anilines is 2. The number of aryl methyl sites for hydroxylation is 4. The van der Waals surface area contributed by atoms with Gasteiger partial charge in [0.2, 0.25) is 0 Å². The Balaban J connectivity index is 1.04. The van der Waals surface area contributed by atoms with E-state index in [1.165, 1.54) is 24.3 Å². The molecule has 0 aliphatic heterocycles. The molecule has 7 aromatic rings. The third-order valence-corrected chi connectivity index (χ3v) is 21.2. The molecule has 7 aromatic carbocycles. The molecular formula is C59H62N10O24S7. The van der Waals surface area contributed by atoms with E-state index in [-0.39, 0.29) is 59.6 Å². The average molecular weight is 1520 g/mol. The number of rotatable bonds is 25. The Morgan fingerprint density at radius 2 is 0.840 bits per heavy atom. The Morgan fingerprint density at radius 1 is 0.460 bits per heavy atom. The minimum absolute atomic E-state index is 0.0195. The molecule has 34 nitrogen and oxygen atoms in total. The second-order valence-electron chi connectivity index (χ2n) is 22.9. The number of hydrogen-bond donors (Lipinski definition) is 9. The van der Waals surface area contributed by atoms with Crippen LogP contribution in [0.2, 0.25) is 0 Å². The molecule has 1 aliphatic rings. The zero-order valence-electron chi connectivity index (χ0n) is 53.6. The molecule has 0 spiro atoms. The SMILES string of the molecule is CCCCOc1cc(N=NC2=CC(C)C(C)(N=Nc3cc4c(S(=O)(=O)O)cc(S(=O)(=O)O)cc4cc3S(=O)(=O)O)C=C2C)c(C)cc1NC(=O)Nc1cc(C)c(N=Nc2cc(C)c(N=Nc3cc4c(S(=O)(=O)O)cc(S(=O)(=O)O)cc4cc3S(=O)(=O)O)cc2C)cc1OCCCS(=O)(=O)O. The van der Waals surface area contributed by atoms with E-state index in [2.05, 4.69) is 51.5 Å². The molecule has 100 heavy (non-hydrogen) atoms. The maximum Gasteiger partial charge on any atom is 0.323 e. The van der Waals surface area contributed by atoms with Gasteiger partial charge in [-0.2, -0.15) is 94.7 Å². The van der Waals surface area contributed by atoms with Gasteiger partial charge in [0, 0.05) is 28.8 Å². The first kappa shape index (κ1) is 76.9. The van der Waals surface area contributed by atoms with E-state index >= 15 is 0 Å². The number of azo groups is 4. The summed E-state index contributed by atoms with van der Waals surface area (Å²) in [7, 11) is -35.4. The topological polar surface area (TPSA) is 539 Å². The summed E-state index contributed by atoms with van der Waals surface area (Å²) in [5.74, 6) is -1.08. The van der Waals surface area contributed by atoms with Crippen molar-refractivity contribution in [1.29, 1.82) is 0 Å². The van der Waals surface area contributed by atoms with Crippen LogP contribution in [0.5, 0.6) is 11.5 Å². The summed E-state index contributed by atoms with van der Waals surface area (Å²) < 4.78 is 252. The number of unbranched alkanes of at least 4 members (excludes halogenated alkanes) is 1. The summed E-state index contributed by atoms with van der Waals surface area (Å²) in [6.07, 6.45) is 4.49. The fourth-order valence-corrected chi connectivity index (χ4v) is 14.3. The molecule has 0 fully saturated rings. The average Bonchev–Trinajstić information content (AvgIpc) is 0.789. The number of benzene rings is 7. The highest BCUT2D eigenvalue weighted by atomic mass is 32.2. The van der Waals surface area contributed by atoms with Crippen LogP contribution in [0.15, 0.2) is 179 Å². The van der Waals surface area contributed by atoms with Crippen LogP contribution in [0, 0.1) is 33.6 Å². The number of fused-ring (bicyclic) bond motifs is 2. The maximum absolute atomic E-state index is 14.0. The quantitative estimate of drug-likeness (QED) is 0.0146. The molecule has 0 bridgehead atoms. The van der Waals surface area contributed by atoms with E-state index in [4.69, 9.17) is 9.47 Å². The van der Waals surface area contributed by atoms with Gasteiger partial charge < -0.3 is 20.1 Å². The van der Waals surface area contributed by atoms with Gasteiger partial charge in [0.05, 0.1) is 68.6 Å². The van der Waals surface area contributed by atoms with Crippen LogP contribution in [0.4, 0.5) is 50.3 Å². The fourth-order valence-electron chi connectivity index (χ4n) is 9.86. The van der Waals surface area contributed by atoms with E-state index < -0.39 is 156 Å². The molecule has 2 atom stereocenters. The largest absolute Gasteiger partial charge is 0.491 e. The van der Waals surface area contributed by atoms with E-state index in [1.54, 1.807) is 72.8 Å². The van der Waals surface area contributed by atoms with E-state index in [0.29, 0.717) is 76.0 Å². The van der Waals surface area contributed by atoms with E-state index in [0.717, 1.165) is 24.6 Å². The summed E-state index contributed by atoms with van der Waals surface area (Å²) >= 11 is 0. The molecule has 8 rings (SSSR count). The first-order valence-electron chi connectivity index (χ1n) is 29.0. The number of amides is 2. The lowest BCUT2D eigenvalue weighted by atomic mass is 9.81. The Bertz CT molecular complexity index is 5610. The van der Waals surface area contributed by atoms with Gasteiger partial charge in [-0.1, -0.05) is 26.3 Å². The highest BCUT2D eigenvalue weighted by Crippen LogP contribution is 2.43. The Morgan fingerprint density at radius 3 is 1.24 bits per heavy atom. The number of nitrogens with one attached hydrogen (secondary N) is 2. The molecule has 0 saturated heterocycles. The second kappa shape index (κ2) is 29.0. The zero-order valence-corrected chi connectivity index (χ0v) is 59.3. The first-order chi connectivity index (χ1) is 46.1. The van der Waals surface area contributed by atoms with Crippen LogP contribution in [0.1, 0.15) is 69.2 Å². The molecule has 41 heteroatoms. The number of carbonyl (C=O) groups is 1. The number of carbonyl (C=O) groups excluding carboxylic acids is 1. The van der Waals surface area contributed by atoms with Crippen molar-refractivity contribution >= 4 is 144 Å².